The van der Waals surface area contributed by atoms with Gasteiger partial charge in [-0.25, -0.2) is 0 Å². The smallest absolute Gasteiger partial charge is 0.373 e. The summed E-state index contributed by atoms with van der Waals surface area (Å²) in [6, 6.07) is 10.1. The molecule has 2 rings (SSSR count). The highest BCUT2D eigenvalue weighted by Crippen LogP contribution is 2.31. The second-order valence-corrected chi connectivity index (χ2v) is 7.08. The molecule has 1 amide bonds. The van der Waals surface area contributed by atoms with Gasteiger partial charge >= 0.3 is 12.1 Å². The average Bonchev–Trinajstić information content (AvgIpc) is 2.65. The van der Waals surface area contributed by atoms with Gasteiger partial charge in [0.05, 0.1) is 10.6 Å². The maximum absolute atomic E-state index is 12.6. The first-order chi connectivity index (χ1) is 13.6. The van der Waals surface area contributed by atoms with E-state index in [4.69, 9.17) is 11.6 Å². The molecule has 29 heavy (non-hydrogen) atoms. The Kier molecular flexibility index (Phi) is 7.54. The molecule has 8 heteroatoms. The van der Waals surface area contributed by atoms with Crippen LogP contribution in [0.1, 0.15) is 11.1 Å². The fourth-order valence-electron chi connectivity index (χ4n) is 2.36. The molecule has 0 aliphatic carbocycles. The first-order valence-corrected chi connectivity index (χ1v) is 9.10. The Labute approximate surface area is 173 Å². The van der Waals surface area contributed by atoms with E-state index in [-0.39, 0.29) is 10.6 Å². The fraction of sp³-hybridized carbons (Fsp3) is 0.286. The van der Waals surface area contributed by atoms with Crippen molar-refractivity contribution in [2.45, 2.75) is 6.18 Å². The van der Waals surface area contributed by atoms with E-state index in [2.05, 4.69) is 27.0 Å². The second kappa shape index (κ2) is 9.68. The van der Waals surface area contributed by atoms with Crippen LogP contribution in [0.15, 0.2) is 42.5 Å². The number of nitrogens with zero attached hydrogens (tertiary/aromatic N) is 2. The van der Waals surface area contributed by atoms with Crippen molar-refractivity contribution < 1.29 is 18.0 Å². The lowest BCUT2D eigenvalue weighted by Gasteiger charge is -2.21. The van der Waals surface area contributed by atoms with Gasteiger partial charge in [0.25, 0.3) is 0 Å². The van der Waals surface area contributed by atoms with E-state index in [1.165, 1.54) is 0 Å². The number of carbonyl (C=O) groups is 1. The number of amides is 1. The van der Waals surface area contributed by atoms with Crippen LogP contribution < -0.4 is 10.2 Å². The summed E-state index contributed by atoms with van der Waals surface area (Å²) in [7, 11) is 5.99. The molecule has 0 saturated heterocycles. The SMILES string of the molecule is CN(C)CCN(C)c1ccc(NC(=O)C#Cc2ccc(C(F)(F)F)cc2Cl)cc1. The lowest BCUT2D eigenvalue weighted by atomic mass is 10.1. The second-order valence-electron chi connectivity index (χ2n) is 6.67. The minimum atomic E-state index is -4.49. The van der Waals surface area contributed by atoms with Gasteiger partial charge < -0.3 is 15.1 Å². The molecule has 0 aliphatic rings. The molecule has 0 heterocycles. The Hall–Kier alpha value is -2.69. The van der Waals surface area contributed by atoms with Crippen molar-refractivity contribution in [1.82, 2.24) is 4.90 Å². The molecule has 0 radical (unpaired) electrons. The summed E-state index contributed by atoms with van der Waals surface area (Å²) in [5, 5.41) is 2.46. The Bertz CT molecular complexity index is 915. The van der Waals surface area contributed by atoms with Gasteiger partial charge in [-0.2, -0.15) is 13.2 Å². The third kappa shape index (κ3) is 7.00. The van der Waals surface area contributed by atoms with E-state index in [0.29, 0.717) is 5.69 Å². The van der Waals surface area contributed by atoms with Crippen molar-refractivity contribution in [2.75, 3.05) is 44.4 Å². The summed E-state index contributed by atoms with van der Waals surface area (Å²) in [5.41, 5.74) is 0.848. The van der Waals surface area contributed by atoms with E-state index in [1.807, 2.05) is 33.3 Å². The number of anilines is 2. The highest BCUT2D eigenvalue weighted by atomic mass is 35.5. The quantitative estimate of drug-likeness (QED) is 0.726. The molecule has 0 fully saturated rings. The Morgan fingerprint density at radius 2 is 1.72 bits per heavy atom. The predicted molar refractivity (Wildman–Crippen MR) is 110 cm³/mol. The molecule has 0 atom stereocenters. The van der Waals surface area contributed by atoms with Crippen molar-refractivity contribution >= 4 is 28.9 Å². The van der Waals surface area contributed by atoms with E-state index < -0.39 is 17.6 Å². The maximum Gasteiger partial charge on any atom is 0.416 e. The van der Waals surface area contributed by atoms with Gasteiger partial charge in [-0.05, 0) is 56.6 Å². The fourth-order valence-corrected chi connectivity index (χ4v) is 2.59. The lowest BCUT2D eigenvalue weighted by molar-refractivity contribution is -0.137. The number of likely N-dealkylation sites (N-methyl/N-ethyl adjacent to an activating group) is 2. The van der Waals surface area contributed by atoms with Gasteiger partial charge in [-0.3, -0.25) is 4.79 Å². The molecule has 0 bridgehead atoms. The maximum atomic E-state index is 12.6. The molecule has 154 valence electrons. The normalized spacial score (nSPS) is 11.0. The van der Waals surface area contributed by atoms with Gasteiger partial charge in [0.15, 0.2) is 0 Å². The number of alkyl halides is 3. The zero-order chi connectivity index (χ0) is 21.6. The first kappa shape index (κ1) is 22.6. The van der Waals surface area contributed by atoms with Crippen molar-refractivity contribution in [3.8, 4) is 11.8 Å². The van der Waals surface area contributed by atoms with E-state index in [9.17, 15) is 18.0 Å². The van der Waals surface area contributed by atoms with Crippen LogP contribution in [-0.4, -0.2) is 45.0 Å². The van der Waals surface area contributed by atoms with Crippen LogP contribution in [0.5, 0.6) is 0 Å². The third-order valence-electron chi connectivity index (χ3n) is 4.06. The van der Waals surface area contributed by atoms with Crippen molar-refractivity contribution in [3.05, 3.63) is 58.6 Å². The van der Waals surface area contributed by atoms with Crippen molar-refractivity contribution in [3.63, 3.8) is 0 Å². The summed E-state index contributed by atoms with van der Waals surface area (Å²) in [5.74, 6) is 4.24. The summed E-state index contributed by atoms with van der Waals surface area (Å²) in [6.07, 6.45) is -4.49. The predicted octanol–water partition coefficient (Wildman–Crippen LogP) is 4.35. The molecule has 4 nitrogen and oxygen atoms in total. The largest absolute Gasteiger partial charge is 0.416 e. The molecular weight excluding hydrogens is 403 g/mol. The molecule has 1 N–H and O–H groups in total. The highest BCUT2D eigenvalue weighted by Gasteiger charge is 2.30. The van der Waals surface area contributed by atoms with Gasteiger partial charge in [0.1, 0.15) is 0 Å². The lowest BCUT2D eigenvalue weighted by Crippen LogP contribution is -2.28. The zero-order valence-corrected chi connectivity index (χ0v) is 17.0. The van der Waals surface area contributed by atoms with E-state index in [1.54, 1.807) is 12.1 Å². The molecule has 0 unspecified atom stereocenters. The summed E-state index contributed by atoms with van der Waals surface area (Å²) < 4.78 is 37.9. The molecule has 0 saturated carbocycles. The monoisotopic (exact) mass is 423 g/mol. The van der Waals surface area contributed by atoms with Gasteiger partial charge in [-0.1, -0.05) is 17.5 Å². The zero-order valence-electron chi connectivity index (χ0n) is 16.3. The van der Waals surface area contributed by atoms with Gasteiger partial charge in [-0.15, -0.1) is 0 Å². The van der Waals surface area contributed by atoms with Crippen LogP contribution in [0.25, 0.3) is 0 Å². The first-order valence-electron chi connectivity index (χ1n) is 8.72. The number of hydrogen-bond donors (Lipinski definition) is 1. The summed E-state index contributed by atoms with van der Waals surface area (Å²) in [6.45, 7) is 1.77. The molecule has 0 spiro atoms. The number of carbonyl (C=O) groups excluding carboxylic acids is 1. The average molecular weight is 424 g/mol. The Morgan fingerprint density at radius 1 is 1.07 bits per heavy atom. The van der Waals surface area contributed by atoms with Crippen LogP contribution in [0.3, 0.4) is 0 Å². The van der Waals surface area contributed by atoms with Crippen LogP contribution in [-0.2, 0) is 11.0 Å². The van der Waals surface area contributed by atoms with Crippen molar-refractivity contribution in [2.24, 2.45) is 0 Å². The molecule has 2 aromatic carbocycles. The molecule has 0 aromatic heterocycles. The summed E-state index contributed by atoms with van der Waals surface area (Å²) >= 11 is 5.83. The molecular formula is C21H21ClF3N3O. The van der Waals surface area contributed by atoms with E-state index in [0.717, 1.165) is 37.0 Å². The number of rotatable bonds is 5. The van der Waals surface area contributed by atoms with Crippen LogP contribution >= 0.6 is 11.6 Å². The standard InChI is InChI=1S/C21H21ClF3N3O/c1-27(2)12-13-28(3)18-9-7-17(8-10-18)26-20(29)11-5-15-4-6-16(14-19(15)22)21(23,24)25/h4,6-10,14H,12-13H2,1-3H3,(H,26,29). The minimum absolute atomic E-state index is 0.146. The highest BCUT2D eigenvalue weighted by molar-refractivity contribution is 6.31. The van der Waals surface area contributed by atoms with Crippen molar-refractivity contribution in [1.29, 1.82) is 0 Å². The minimum Gasteiger partial charge on any atom is -0.373 e. The van der Waals surface area contributed by atoms with Crippen LogP contribution in [0.2, 0.25) is 5.02 Å². The molecule has 0 aliphatic heterocycles. The summed E-state index contributed by atoms with van der Waals surface area (Å²) in [4.78, 5) is 16.2. The third-order valence-corrected chi connectivity index (χ3v) is 4.37. The van der Waals surface area contributed by atoms with Gasteiger partial charge in [0.2, 0.25) is 0 Å². The van der Waals surface area contributed by atoms with Crippen LogP contribution in [0, 0.1) is 11.8 Å². The van der Waals surface area contributed by atoms with Gasteiger partial charge in [0, 0.05) is 43.0 Å². The van der Waals surface area contributed by atoms with Crippen LogP contribution in [0.4, 0.5) is 24.5 Å². The number of nitrogens with one attached hydrogen (secondary N) is 1. The number of halogens is 4. The number of hydrogen-bond acceptors (Lipinski definition) is 3. The Balaban J connectivity index is 2.00. The topological polar surface area (TPSA) is 35.6 Å². The Morgan fingerprint density at radius 3 is 2.28 bits per heavy atom. The molecule has 2 aromatic rings. The van der Waals surface area contributed by atoms with E-state index >= 15 is 0 Å². The number of benzene rings is 2.